The molecule has 2 heterocycles. The van der Waals surface area contributed by atoms with Gasteiger partial charge in [0.2, 0.25) is 0 Å². The Kier molecular flexibility index (Phi) is 5.51. The van der Waals surface area contributed by atoms with Crippen LogP contribution in [0, 0.1) is 0 Å². The van der Waals surface area contributed by atoms with Gasteiger partial charge in [0.25, 0.3) is 0 Å². The number of nitrogens with one attached hydrogen (secondary N) is 1. The number of rotatable bonds is 7. The van der Waals surface area contributed by atoms with Crippen LogP contribution in [0.1, 0.15) is 44.6 Å². The Morgan fingerprint density at radius 1 is 1.14 bits per heavy atom. The fraction of sp³-hybridized carbons (Fsp3) is 0.529. The molecule has 0 saturated carbocycles. The molecule has 0 saturated heterocycles. The Balaban J connectivity index is 2.33. The first-order valence-electron chi connectivity index (χ1n) is 7.90. The van der Waals surface area contributed by atoms with Crippen molar-refractivity contribution in [2.24, 2.45) is 0 Å². The van der Waals surface area contributed by atoms with Gasteiger partial charge in [0, 0.05) is 24.1 Å². The second-order valence-electron chi connectivity index (χ2n) is 5.56. The van der Waals surface area contributed by atoms with E-state index >= 15 is 0 Å². The molecule has 0 aliphatic carbocycles. The predicted octanol–water partition coefficient (Wildman–Crippen LogP) is 2.93. The van der Waals surface area contributed by atoms with Crippen molar-refractivity contribution < 1.29 is 0 Å². The smallest absolute Gasteiger partial charge is 0.0679 e. The van der Waals surface area contributed by atoms with Gasteiger partial charge in [-0.2, -0.15) is 5.10 Å². The molecular weight excluding hydrogens is 260 g/mol. The molecule has 0 aromatic carbocycles. The van der Waals surface area contributed by atoms with Gasteiger partial charge in [-0.05, 0) is 43.5 Å². The molecule has 0 radical (unpaired) electrons. The third kappa shape index (κ3) is 3.70. The fourth-order valence-corrected chi connectivity index (χ4v) is 2.66. The minimum Gasteiger partial charge on any atom is -0.314 e. The summed E-state index contributed by atoms with van der Waals surface area (Å²) >= 11 is 0. The second kappa shape index (κ2) is 7.36. The zero-order valence-corrected chi connectivity index (χ0v) is 13.6. The summed E-state index contributed by atoms with van der Waals surface area (Å²) in [6, 6.07) is 4.55. The third-order valence-corrected chi connectivity index (χ3v) is 3.68. The first-order valence-corrected chi connectivity index (χ1v) is 7.90. The molecular formula is C17H26N4. The predicted molar refractivity (Wildman–Crippen MR) is 87.0 cm³/mol. The van der Waals surface area contributed by atoms with Crippen LogP contribution in [0.2, 0.25) is 0 Å². The molecule has 4 nitrogen and oxygen atoms in total. The van der Waals surface area contributed by atoms with Gasteiger partial charge in [0.1, 0.15) is 0 Å². The topological polar surface area (TPSA) is 42.7 Å². The lowest BCUT2D eigenvalue weighted by atomic mass is 10.1. The van der Waals surface area contributed by atoms with Gasteiger partial charge in [-0.1, -0.05) is 27.7 Å². The molecule has 0 bridgehead atoms. The Hall–Kier alpha value is -1.68. The third-order valence-electron chi connectivity index (χ3n) is 3.68. The second-order valence-corrected chi connectivity index (χ2v) is 5.56. The van der Waals surface area contributed by atoms with E-state index in [1.54, 1.807) is 0 Å². The number of hydrogen-bond donors (Lipinski definition) is 1. The summed E-state index contributed by atoms with van der Waals surface area (Å²) in [6.45, 7) is 9.75. The van der Waals surface area contributed by atoms with Crippen molar-refractivity contribution >= 4 is 0 Å². The number of aryl methyl sites for hydroxylation is 1. The van der Waals surface area contributed by atoms with E-state index in [1.807, 2.05) is 24.5 Å². The van der Waals surface area contributed by atoms with Crippen LogP contribution in [0.5, 0.6) is 0 Å². The van der Waals surface area contributed by atoms with Crippen molar-refractivity contribution in [3.63, 3.8) is 0 Å². The summed E-state index contributed by atoms with van der Waals surface area (Å²) in [4.78, 5) is 4.09. The van der Waals surface area contributed by atoms with E-state index in [1.165, 1.54) is 17.0 Å². The molecule has 2 aromatic heterocycles. The lowest BCUT2D eigenvalue weighted by Crippen LogP contribution is -2.25. The summed E-state index contributed by atoms with van der Waals surface area (Å²) in [7, 11) is 0. The molecule has 0 fully saturated rings. The molecule has 114 valence electrons. The Morgan fingerprint density at radius 2 is 1.86 bits per heavy atom. The Morgan fingerprint density at radius 3 is 2.43 bits per heavy atom. The zero-order valence-electron chi connectivity index (χ0n) is 13.6. The number of aromatic nitrogens is 3. The average molecular weight is 286 g/mol. The lowest BCUT2D eigenvalue weighted by molar-refractivity contribution is 0.588. The average Bonchev–Trinajstić information content (AvgIpc) is 2.85. The normalized spacial score (nSPS) is 11.3. The van der Waals surface area contributed by atoms with Gasteiger partial charge < -0.3 is 5.32 Å². The summed E-state index contributed by atoms with van der Waals surface area (Å²) in [5, 5.41) is 8.33. The van der Waals surface area contributed by atoms with Crippen LogP contribution < -0.4 is 5.32 Å². The van der Waals surface area contributed by atoms with E-state index in [2.05, 4.69) is 42.7 Å². The van der Waals surface area contributed by atoms with Crippen molar-refractivity contribution in [2.45, 2.75) is 53.0 Å². The van der Waals surface area contributed by atoms with Gasteiger partial charge >= 0.3 is 0 Å². The van der Waals surface area contributed by atoms with Crippen molar-refractivity contribution in [3.05, 3.63) is 41.5 Å². The van der Waals surface area contributed by atoms with Crippen LogP contribution in [0.3, 0.4) is 0 Å². The molecule has 0 spiro atoms. The van der Waals surface area contributed by atoms with E-state index in [4.69, 9.17) is 5.10 Å². The van der Waals surface area contributed by atoms with Crippen LogP contribution in [0.15, 0.2) is 24.5 Å². The highest BCUT2D eigenvalue weighted by Gasteiger charge is 2.16. The minimum atomic E-state index is 0.524. The van der Waals surface area contributed by atoms with Crippen molar-refractivity contribution in [1.29, 1.82) is 0 Å². The van der Waals surface area contributed by atoms with Crippen molar-refractivity contribution in [3.8, 4) is 5.69 Å². The Bertz CT molecular complexity index is 558. The van der Waals surface area contributed by atoms with Crippen LogP contribution in [0.25, 0.3) is 5.69 Å². The fourth-order valence-electron chi connectivity index (χ4n) is 2.66. The molecule has 2 rings (SSSR count). The summed E-state index contributed by atoms with van der Waals surface area (Å²) < 4.78 is 2.09. The van der Waals surface area contributed by atoms with Crippen molar-refractivity contribution in [1.82, 2.24) is 20.1 Å². The Labute approximate surface area is 127 Å². The lowest BCUT2D eigenvalue weighted by Gasteiger charge is -2.10. The van der Waals surface area contributed by atoms with Crippen LogP contribution in [-0.4, -0.2) is 27.4 Å². The highest BCUT2D eigenvalue weighted by molar-refractivity contribution is 5.37. The molecule has 21 heavy (non-hydrogen) atoms. The maximum absolute atomic E-state index is 4.83. The quantitative estimate of drug-likeness (QED) is 0.851. The van der Waals surface area contributed by atoms with E-state index < -0.39 is 0 Å². The maximum atomic E-state index is 4.83. The molecule has 0 amide bonds. The van der Waals surface area contributed by atoms with E-state index in [0.29, 0.717) is 6.04 Å². The largest absolute Gasteiger partial charge is 0.314 e. The molecule has 1 N–H and O–H groups in total. The van der Waals surface area contributed by atoms with Gasteiger partial charge in [0.05, 0.1) is 11.4 Å². The van der Waals surface area contributed by atoms with Crippen LogP contribution >= 0.6 is 0 Å². The van der Waals surface area contributed by atoms with Gasteiger partial charge in [-0.15, -0.1) is 0 Å². The standard InChI is InChI=1S/C17H26N4/c1-5-16-15(9-12-19-13(3)4)17(6-2)21(20-16)14-7-10-18-11-8-14/h7-8,10-11,13,19H,5-6,9,12H2,1-4H3. The molecule has 0 unspecified atom stereocenters. The van der Waals surface area contributed by atoms with Gasteiger partial charge in [-0.3, -0.25) is 4.98 Å². The number of pyridine rings is 1. The summed E-state index contributed by atoms with van der Waals surface area (Å²) in [5.41, 5.74) is 5.04. The molecule has 4 heteroatoms. The highest BCUT2D eigenvalue weighted by Crippen LogP contribution is 2.20. The van der Waals surface area contributed by atoms with Gasteiger partial charge in [-0.25, -0.2) is 4.68 Å². The monoisotopic (exact) mass is 286 g/mol. The molecule has 0 atom stereocenters. The van der Waals surface area contributed by atoms with E-state index in [-0.39, 0.29) is 0 Å². The molecule has 2 aromatic rings. The summed E-state index contributed by atoms with van der Waals surface area (Å²) in [5.74, 6) is 0. The summed E-state index contributed by atoms with van der Waals surface area (Å²) in [6.07, 6.45) is 6.65. The van der Waals surface area contributed by atoms with E-state index in [9.17, 15) is 0 Å². The SMILES string of the molecule is CCc1nn(-c2ccncc2)c(CC)c1CCNC(C)C. The first kappa shape index (κ1) is 15.7. The number of nitrogens with zero attached hydrogens (tertiary/aromatic N) is 3. The highest BCUT2D eigenvalue weighted by atomic mass is 15.3. The van der Waals surface area contributed by atoms with Gasteiger partial charge in [0.15, 0.2) is 0 Å². The minimum absolute atomic E-state index is 0.524. The van der Waals surface area contributed by atoms with Crippen molar-refractivity contribution in [2.75, 3.05) is 6.54 Å². The number of hydrogen-bond acceptors (Lipinski definition) is 3. The molecule has 0 aliphatic heterocycles. The van der Waals surface area contributed by atoms with Crippen LogP contribution in [0.4, 0.5) is 0 Å². The maximum Gasteiger partial charge on any atom is 0.0679 e. The van der Waals surface area contributed by atoms with E-state index in [0.717, 1.165) is 31.5 Å². The molecule has 0 aliphatic rings. The zero-order chi connectivity index (χ0) is 15.2. The first-order chi connectivity index (χ1) is 10.2. The van der Waals surface area contributed by atoms with Crippen LogP contribution in [-0.2, 0) is 19.3 Å².